The van der Waals surface area contributed by atoms with E-state index in [2.05, 4.69) is 5.32 Å². The average Bonchev–Trinajstić information content (AvgIpc) is 2.53. The van der Waals surface area contributed by atoms with E-state index < -0.39 is 23.7 Å². The highest BCUT2D eigenvalue weighted by atomic mass is 16.6. The molecule has 0 radical (unpaired) electrons. The Kier molecular flexibility index (Phi) is 8.78. The number of esters is 1. The Hall–Kier alpha value is -2.57. The van der Waals surface area contributed by atoms with Crippen molar-refractivity contribution in [2.45, 2.75) is 59.2 Å². The third kappa shape index (κ3) is 9.63. The number of hydrogen-bond acceptors (Lipinski definition) is 5. The summed E-state index contributed by atoms with van der Waals surface area (Å²) in [7, 11) is 0. The lowest BCUT2D eigenvalue weighted by Crippen LogP contribution is -2.42. The van der Waals surface area contributed by atoms with Crippen molar-refractivity contribution in [1.82, 2.24) is 10.2 Å². The maximum absolute atomic E-state index is 12.7. The molecule has 0 bridgehead atoms. The Balaban J connectivity index is 2.71. The fourth-order valence-corrected chi connectivity index (χ4v) is 2.35. The first-order valence-corrected chi connectivity index (χ1v) is 9.07. The first kappa shape index (κ1) is 22.5. The topological polar surface area (TPSA) is 84.9 Å². The lowest BCUT2D eigenvalue weighted by molar-refractivity contribution is -0.149. The van der Waals surface area contributed by atoms with Gasteiger partial charge in [0, 0.05) is 19.0 Å². The molecule has 0 saturated carbocycles. The van der Waals surface area contributed by atoms with Gasteiger partial charge in [0.15, 0.2) is 0 Å². The van der Waals surface area contributed by atoms with E-state index in [9.17, 15) is 14.4 Å². The zero-order valence-corrected chi connectivity index (χ0v) is 16.8. The molecule has 1 N–H and O–H groups in total. The maximum atomic E-state index is 12.7. The third-order valence-corrected chi connectivity index (χ3v) is 3.44. The van der Waals surface area contributed by atoms with E-state index in [1.54, 1.807) is 34.6 Å². The van der Waals surface area contributed by atoms with Crippen molar-refractivity contribution < 1.29 is 23.9 Å². The number of rotatable bonds is 8. The minimum atomic E-state index is -0.614. The maximum Gasteiger partial charge on any atom is 0.407 e. The van der Waals surface area contributed by atoms with Gasteiger partial charge >= 0.3 is 12.1 Å². The molecule has 0 fully saturated rings. The molecule has 0 saturated heterocycles. The largest absolute Gasteiger partial charge is 0.465 e. The predicted molar refractivity (Wildman–Crippen MR) is 102 cm³/mol. The fourth-order valence-electron chi connectivity index (χ4n) is 2.35. The molecule has 2 amide bonds. The van der Waals surface area contributed by atoms with Gasteiger partial charge in [-0.1, -0.05) is 30.3 Å². The summed E-state index contributed by atoms with van der Waals surface area (Å²) < 4.78 is 10.2. The second-order valence-corrected chi connectivity index (χ2v) is 7.29. The number of alkyl carbamates (subject to hydrolysis) is 1. The second kappa shape index (κ2) is 10.5. The molecule has 1 atom stereocenters. The molecule has 0 aromatic heterocycles. The van der Waals surface area contributed by atoms with Gasteiger partial charge < -0.3 is 19.7 Å². The van der Waals surface area contributed by atoms with Crippen LogP contribution in [0.25, 0.3) is 0 Å². The standard InChI is InChI=1S/C20H30N2O5/c1-6-26-18(24)14-22(13-16-10-8-7-9-11-16)17(23)12-15(2)21-19(25)27-20(3,4)5/h7-11,15H,6,12-14H2,1-5H3,(H,21,25)/t15-/m1/s1. The summed E-state index contributed by atoms with van der Waals surface area (Å²) in [4.78, 5) is 37.8. The molecular weight excluding hydrogens is 348 g/mol. The predicted octanol–water partition coefficient (Wildman–Crippen LogP) is 2.88. The van der Waals surface area contributed by atoms with Crippen LogP contribution in [0.5, 0.6) is 0 Å². The van der Waals surface area contributed by atoms with Gasteiger partial charge in [-0.25, -0.2) is 4.79 Å². The molecule has 0 unspecified atom stereocenters. The van der Waals surface area contributed by atoms with Crippen LogP contribution in [0.1, 0.15) is 46.6 Å². The van der Waals surface area contributed by atoms with Gasteiger partial charge in [-0.15, -0.1) is 0 Å². The van der Waals surface area contributed by atoms with E-state index in [4.69, 9.17) is 9.47 Å². The third-order valence-electron chi connectivity index (χ3n) is 3.44. The lowest BCUT2D eigenvalue weighted by Gasteiger charge is -2.25. The Labute approximate surface area is 161 Å². The first-order chi connectivity index (χ1) is 12.6. The van der Waals surface area contributed by atoms with E-state index in [0.717, 1.165) is 5.56 Å². The smallest absolute Gasteiger partial charge is 0.407 e. The highest BCUT2D eigenvalue weighted by Crippen LogP contribution is 2.10. The Morgan fingerprint density at radius 3 is 2.33 bits per heavy atom. The molecule has 7 nitrogen and oxygen atoms in total. The summed E-state index contributed by atoms with van der Waals surface area (Å²) in [6.07, 6.45) is -0.534. The molecule has 1 aromatic rings. The van der Waals surface area contributed by atoms with Crippen molar-refractivity contribution in [1.29, 1.82) is 0 Å². The first-order valence-electron chi connectivity index (χ1n) is 9.07. The van der Waals surface area contributed by atoms with Gasteiger partial charge in [0.1, 0.15) is 12.1 Å². The minimum absolute atomic E-state index is 0.0471. The van der Waals surface area contributed by atoms with Gasteiger partial charge in [-0.3, -0.25) is 9.59 Å². The lowest BCUT2D eigenvalue weighted by atomic mass is 10.1. The van der Waals surface area contributed by atoms with E-state index in [1.165, 1.54) is 4.90 Å². The van der Waals surface area contributed by atoms with Crippen molar-refractivity contribution in [2.24, 2.45) is 0 Å². The molecule has 0 aliphatic rings. The van der Waals surface area contributed by atoms with Crippen LogP contribution in [-0.2, 0) is 25.6 Å². The van der Waals surface area contributed by atoms with Crippen molar-refractivity contribution >= 4 is 18.0 Å². The number of carbonyl (C=O) groups is 3. The molecule has 27 heavy (non-hydrogen) atoms. The van der Waals surface area contributed by atoms with Crippen molar-refractivity contribution in [3.63, 3.8) is 0 Å². The van der Waals surface area contributed by atoms with Crippen LogP contribution in [0.15, 0.2) is 30.3 Å². The highest BCUT2D eigenvalue weighted by molar-refractivity contribution is 5.82. The van der Waals surface area contributed by atoms with Crippen molar-refractivity contribution in [3.05, 3.63) is 35.9 Å². The Morgan fingerprint density at radius 2 is 1.78 bits per heavy atom. The molecule has 7 heteroatoms. The van der Waals surface area contributed by atoms with Crippen LogP contribution in [0.4, 0.5) is 4.79 Å². The van der Waals surface area contributed by atoms with Crippen LogP contribution in [-0.4, -0.2) is 47.7 Å². The van der Waals surface area contributed by atoms with Crippen LogP contribution in [0, 0.1) is 0 Å². The summed E-state index contributed by atoms with van der Waals surface area (Å²) >= 11 is 0. The number of hydrogen-bond donors (Lipinski definition) is 1. The van der Waals surface area contributed by atoms with Crippen LogP contribution < -0.4 is 5.32 Å². The summed E-state index contributed by atoms with van der Waals surface area (Å²) in [5, 5.41) is 2.64. The van der Waals surface area contributed by atoms with Crippen LogP contribution in [0.3, 0.4) is 0 Å². The zero-order chi connectivity index (χ0) is 20.4. The Morgan fingerprint density at radius 1 is 1.15 bits per heavy atom. The second-order valence-electron chi connectivity index (χ2n) is 7.29. The summed E-state index contributed by atoms with van der Waals surface area (Å²) in [6, 6.07) is 8.95. The molecule has 0 spiro atoms. The van der Waals surface area contributed by atoms with Gasteiger partial charge in [0.05, 0.1) is 6.61 Å². The number of nitrogens with one attached hydrogen (secondary N) is 1. The zero-order valence-electron chi connectivity index (χ0n) is 16.8. The molecule has 0 heterocycles. The van der Waals surface area contributed by atoms with E-state index in [-0.39, 0.29) is 32.0 Å². The quantitative estimate of drug-likeness (QED) is 0.703. The molecule has 0 aliphatic carbocycles. The van der Waals surface area contributed by atoms with Gasteiger partial charge in [-0.05, 0) is 40.2 Å². The van der Waals surface area contributed by atoms with Gasteiger partial charge in [0.25, 0.3) is 0 Å². The number of amides is 2. The minimum Gasteiger partial charge on any atom is -0.465 e. The normalized spacial score (nSPS) is 12.0. The molecule has 150 valence electrons. The number of nitrogens with zero attached hydrogens (tertiary/aromatic N) is 1. The van der Waals surface area contributed by atoms with Gasteiger partial charge in [-0.2, -0.15) is 0 Å². The van der Waals surface area contributed by atoms with E-state index in [1.807, 2.05) is 30.3 Å². The van der Waals surface area contributed by atoms with Crippen molar-refractivity contribution in [2.75, 3.05) is 13.2 Å². The summed E-state index contributed by atoms with van der Waals surface area (Å²) in [6.45, 7) is 9.14. The Bertz CT molecular complexity index is 625. The van der Waals surface area contributed by atoms with Crippen LogP contribution in [0.2, 0.25) is 0 Å². The van der Waals surface area contributed by atoms with Crippen LogP contribution >= 0.6 is 0 Å². The number of ether oxygens (including phenoxy) is 2. The number of benzene rings is 1. The molecule has 1 aromatic carbocycles. The highest BCUT2D eigenvalue weighted by Gasteiger charge is 2.23. The summed E-state index contributed by atoms with van der Waals surface area (Å²) in [5.74, 6) is -0.718. The average molecular weight is 378 g/mol. The van der Waals surface area contributed by atoms with E-state index >= 15 is 0 Å². The summed E-state index contributed by atoms with van der Waals surface area (Å²) in [5.41, 5.74) is 0.291. The van der Waals surface area contributed by atoms with Crippen molar-refractivity contribution in [3.8, 4) is 0 Å². The number of carbonyl (C=O) groups excluding carboxylic acids is 3. The van der Waals surface area contributed by atoms with E-state index in [0.29, 0.717) is 0 Å². The molecule has 1 rings (SSSR count). The SMILES string of the molecule is CCOC(=O)CN(Cc1ccccc1)C(=O)C[C@@H](C)NC(=O)OC(C)(C)C. The van der Waals surface area contributed by atoms with Gasteiger partial charge in [0.2, 0.25) is 5.91 Å². The monoisotopic (exact) mass is 378 g/mol. The molecular formula is C20H30N2O5. The fraction of sp³-hybridized carbons (Fsp3) is 0.550. The molecule has 0 aliphatic heterocycles.